The van der Waals surface area contributed by atoms with E-state index in [1.807, 2.05) is 82.3 Å². The summed E-state index contributed by atoms with van der Waals surface area (Å²) in [5, 5.41) is 8.92. The van der Waals surface area contributed by atoms with Gasteiger partial charge in [-0.15, -0.1) is 0 Å². The maximum atomic E-state index is 13.3. The molecule has 4 rings (SSSR count). The van der Waals surface area contributed by atoms with Crippen LogP contribution in [0, 0.1) is 27.7 Å². The zero-order valence-corrected chi connectivity index (χ0v) is 20.7. The van der Waals surface area contributed by atoms with Crippen LogP contribution in [0.1, 0.15) is 22.3 Å². The molecule has 0 unspecified atom stereocenters. The minimum atomic E-state index is -3.93. The lowest BCUT2D eigenvalue weighted by Gasteiger charge is -2.19. The molecule has 1 N–H and O–H groups in total. The summed E-state index contributed by atoms with van der Waals surface area (Å²) in [5.74, 6) is 1.61. The average molecular weight is 477 g/mol. The molecule has 0 aliphatic carbocycles. The molecular formula is C28H29O5P. The van der Waals surface area contributed by atoms with E-state index >= 15 is 0 Å². The van der Waals surface area contributed by atoms with Crippen molar-refractivity contribution in [3.8, 4) is 23.0 Å². The van der Waals surface area contributed by atoms with Crippen molar-refractivity contribution in [2.24, 2.45) is 0 Å². The highest BCUT2D eigenvalue weighted by atomic mass is 31.2. The summed E-state index contributed by atoms with van der Waals surface area (Å²) in [4.78, 5) is 0. The van der Waals surface area contributed by atoms with Crippen molar-refractivity contribution in [1.29, 1.82) is 0 Å². The van der Waals surface area contributed by atoms with E-state index in [2.05, 4.69) is 0 Å². The predicted octanol–water partition coefficient (Wildman–Crippen LogP) is 7.96. The first kappa shape index (κ1) is 24.9. The van der Waals surface area contributed by atoms with E-state index in [1.54, 1.807) is 42.5 Å². The van der Waals surface area contributed by atoms with Crippen LogP contribution in [0.2, 0.25) is 0 Å². The zero-order chi connectivity index (χ0) is 24.6. The standard InChI is InChI=1S/C21H21O4P.C7H8O/c1-16-4-10-19(11-5-16)23-26(22,24-20-12-6-17(2)7-13-20)25-21-14-8-18(3)9-15-21;1-6-4-2-3-5-7(6)8/h4-15H,1-3H3;2-5,8H,1H3. The summed E-state index contributed by atoms with van der Waals surface area (Å²) in [6.07, 6.45) is 0. The second kappa shape index (κ2) is 11.4. The number of para-hydroxylation sites is 1. The summed E-state index contributed by atoms with van der Waals surface area (Å²) in [6, 6.07) is 28.9. The summed E-state index contributed by atoms with van der Waals surface area (Å²) in [6.45, 7) is 7.77. The van der Waals surface area contributed by atoms with Crippen LogP contribution in [0.3, 0.4) is 0 Å². The minimum absolute atomic E-state index is 0.368. The Morgan fingerprint density at radius 3 is 1.12 bits per heavy atom. The topological polar surface area (TPSA) is 65.0 Å². The molecule has 176 valence electrons. The predicted molar refractivity (Wildman–Crippen MR) is 136 cm³/mol. The summed E-state index contributed by atoms with van der Waals surface area (Å²) in [7, 11) is -3.93. The molecule has 4 aromatic rings. The molecule has 0 fully saturated rings. The van der Waals surface area contributed by atoms with Crippen LogP contribution in [0.5, 0.6) is 23.0 Å². The number of aryl methyl sites for hydroxylation is 4. The van der Waals surface area contributed by atoms with Gasteiger partial charge in [0.2, 0.25) is 0 Å². The quantitative estimate of drug-likeness (QED) is 0.286. The molecule has 6 heteroatoms. The van der Waals surface area contributed by atoms with E-state index in [1.165, 1.54) is 0 Å². The highest BCUT2D eigenvalue weighted by molar-refractivity contribution is 7.49. The number of phosphoric acid groups is 1. The van der Waals surface area contributed by atoms with Crippen LogP contribution in [-0.4, -0.2) is 5.11 Å². The Morgan fingerprint density at radius 2 is 0.853 bits per heavy atom. The van der Waals surface area contributed by atoms with Gasteiger partial charge in [-0.25, -0.2) is 0 Å². The van der Waals surface area contributed by atoms with E-state index < -0.39 is 7.82 Å². The van der Waals surface area contributed by atoms with Crippen LogP contribution in [0.25, 0.3) is 0 Å². The van der Waals surface area contributed by atoms with Gasteiger partial charge in [-0.1, -0.05) is 71.3 Å². The van der Waals surface area contributed by atoms with Crippen molar-refractivity contribution in [2.45, 2.75) is 27.7 Å². The highest BCUT2D eigenvalue weighted by Crippen LogP contribution is 2.49. The van der Waals surface area contributed by atoms with Crippen molar-refractivity contribution >= 4 is 7.82 Å². The molecule has 0 saturated carbocycles. The number of phenolic OH excluding ortho intramolecular Hbond substituents is 1. The molecule has 0 amide bonds. The average Bonchev–Trinajstić information content (AvgIpc) is 2.81. The zero-order valence-electron chi connectivity index (χ0n) is 19.8. The van der Waals surface area contributed by atoms with Gasteiger partial charge in [-0.2, -0.15) is 4.57 Å². The van der Waals surface area contributed by atoms with Gasteiger partial charge >= 0.3 is 7.82 Å². The number of phosphoric ester groups is 1. The Morgan fingerprint density at radius 1 is 0.529 bits per heavy atom. The third-order valence-electron chi connectivity index (χ3n) is 4.83. The fraction of sp³-hybridized carbons (Fsp3) is 0.143. The van der Waals surface area contributed by atoms with E-state index in [9.17, 15) is 4.57 Å². The van der Waals surface area contributed by atoms with Gasteiger partial charge in [0.1, 0.15) is 23.0 Å². The van der Waals surface area contributed by atoms with Crippen molar-refractivity contribution < 1.29 is 23.2 Å². The third-order valence-corrected chi connectivity index (χ3v) is 6.13. The minimum Gasteiger partial charge on any atom is -0.508 e. The molecule has 0 atom stereocenters. The first-order chi connectivity index (χ1) is 16.2. The molecule has 5 nitrogen and oxygen atoms in total. The molecule has 0 saturated heterocycles. The van der Waals surface area contributed by atoms with Crippen LogP contribution in [-0.2, 0) is 4.57 Å². The molecule has 0 bridgehead atoms. The molecule has 34 heavy (non-hydrogen) atoms. The normalized spacial score (nSPS) is 10.6. The highest BCUT2D eigenvalue weighted by Gasteiger charge is 2.33. The molecule has 0 aromatic heterocycles. The van der Waals surface area contributed by atoms with Gasteiger partial charge < -0.3 is 18.7 Å². The number of rotatable bonds is 6. The van der Waals surface area contributed by atoms with Crippen LogP contribution >= 0.6 is 7.82 Å². The Kier molecular flexibility index (Phi) is 8.39. The van der Waals surface area contributed by atoms with Gasteiger partial charge in [-0.05, 0) is 75.7 Å². The third kappa shape index (κ3) is 7.72. The molecule has 0 radical (unpaired) electrons. The second-order valence-corrected chi connectivity index (χ2v) is 9.39. The lowest BCUT2D eigenvalue weighted by molar-refractivity contribution is 0.298. The van der Waals surface area contributed by atoms with Crippen LogP contribution in [0.15, 0.2) is 97.1 Å². The van der Waals surface area contributed by atoms with E-state index in [0.29, 0.717) is 23.0 Å². The molecule has 0 aliphatic rings. The number of hydrogen-bond acceptors (Lipinski definition) is 5. The smallest absolute Gasteiger partial charge is 0.508 e. The maximum absolute atomic E-state index is 13.3. The van der Waals surface area contributed by atoms with Gasteiger partial charge in [0.25, 0.3) is 0 Å². The van der Waals surface area contributed by atoms with Crippen molar-refractivity contribution in [3.05, 3.63) is 119 Å². The molecular weight excluding hydrogens is 447 g/mol. The number of phenols is 1. The SMILES string of the molecule is Cc1ccc(OP(=O)(Oc2ccc(C)cc2)Oc2ccc(C)cc2)cc1.Cc1ccccc1O. The van der Waals surface area contributed by atoms with Gasteiger partial charge in [0.15, 0.2) is 0 Å². The Balaban J connectivity index is 0.000000343. The van der Waals surface area contributed by atoms with E-state index in [4.69, 9.17) is 18.7 Å². The molecule has 0 heterocycles. The van der Waals surface area contributed by atoms with E-state index in [0.717, 1.165) is 22.3 Å². The summed E-state index contributed by atoms with van der Waals surface area (Å²) in [5.41, 5.74) is 4.15. The van der Waals surface area contributed by atoms with Gasteiger partial charge in [0, 0.05) is 0 Å². The van der Waals surface area contributed by atoms with Gasteiger partial charge in [-0.3, -0.25) is 0 Å². The maximum Gasteiger partial charge on any atom is 0.647 e. The lowest BCUT2D eigenvalue weighted by Crippen LogP contribution is -2.07. The Hall–Kier alpha value is -3.69. The fourth-order valence-electron chi connectivity index (χ4n) is 2.80. The monoisotopic (exact) mass is 476 g/mol. The lowest BCUT2D eigenvalue weighted by atomic mass is 10.2. The number of hydrogen-bond donors (Lipinski definition) is 1. The molecule has 0 aliphatic heterocycles. The molecule has 4 aromatic carbocycles. The first-order valence-corrected chi connectivity index (χ1v) is 12.3. The summed E-state index contributed by atoms with van der Waals surface area (Å²) < 4.78 is 30.2. The number of benzene rings is 4. The van der Waals surface area contributed by atoms with Crippen molar-refractivity contribution in [3.63, 3.8) is 0 Å². The van der Waals surface area contributed by atoms with Crippen molar-refractivity contribution in [1.82, 2.24) is 0 Å². The van der Waals surface area contributed by atoms with Crippen LogP contribution < -0.4 is 13.6 Å². The number of aromatic hydroxyl groups is 1. The van der Waals surface area contributed by atoms with E-state index in [-0.39, 0.29) is 0 Å². The fourth-order valence-corrected chi connectivity index (χ4v) is 4.06. The first-order valence-electron chi connectivity index (χ1n) is 10.9. The Bertz CT molecular complexity index is 1090. The Labute approximate surface area is 201 Å². The summed E-state index contributed by atoms with van der Waals surface area (Å²) >= 11 is 0. The van der Waals surface area contributed by atoms with Crippen molar-refractivity contribution in [2.75, 3.05) is 0 Å². The molecule has 0 spiro atoms. The van der Waals surface area contributed by atoms with Gasteiger partial charge in [0.05, 0.1) is 0 Å². The second-order valence-electron chi connectivity index (χ2n) is 7.95. The van der Waals surface area contributed by atoms with Crippen LogP contribution in [0.4, 0.5) is 0 Å². The largest absolute Gasteiger partial charge is 0.647 e.